The fraction of sp³-hybridized carbons (Fsp3) is 0.400. The van der Waals surface area contributed by atoms with E-state index < -0.39 is 0 Å². The van der Waals surface area contributed by atoms with Crippen LogP contribution in [0.1, 0.15) is 28.3 Å². The highest BCUT2D eigenvalue weighted by Gasteiger charge is 2.25. The number of nitrogens with zero attached hydrogens (tertiary/aromatic N) is 3. The summed E-state index contributed by atoms with van der Waals surface area (Å²) in [6.07, 6.45) is 3.38. The van der Waals surface area contributed by atoms with Crippen LogP contribution in [-0.2, 0) is 0 Å². The Morgan fingerprint density at radius 2 is 2.14 bits per heavy atom. The van der Waals surface area contributed by atoms with Crippen LogP contribution in [0.4, 0.5) is 0 Å². The molecule has 1 aliphatic heterocycles. The van der Waals surface area contributed by atoms with Crippen LogP contribution >= 0.6 is 22.9 Å². The van der Waals surface area contributed by atoms with E-state index in [1.807, 2.05) is 11.8 Å². The Bertz CT molecular complexity index is 668. The molecule has 3 rings (SSSR count). The molecule has 22 heavy (non-hydrogen) atoms. The zero-order valence-corrected chi connectivity index (χ0v) is 13.7. The van der Waals surface area contributed by atoms with E-state index in [9.17, 15) is 4.79 Å². The van der Waals surface area contributed by atoms with E-state index in [4.69, 9.17) is 16.3 Å². The molecule has 0 radical (unpaired) electrons. The van der Waals surface area contributed by atoms with Crippen LogP contribution in [0, 0.1) is 6.92 Å². The van der Waals surface area contributed by atoms with Crippen LogP contribution in [0.3, 0.4) is 0 Å². The molecule has 116 valence electrons. The molecular formula is C15H16ClN3O2S. The van der Waals surface area contributed by atoms with Gasteiger partial charge in [-0.1, -0.05) is 11.6 Å². The second-order valence-electron chi connectivity index (χ2n) is 5.16. The van der Waals surface area contributed by atoms with E-state index in [0.29, 0.717) is 34.0 Å². The van der Waals surface area contributed by atoms with Gasteiger partial charge in [0.15, 0.2) is 0 Å². The quantitative estimate of drug-likeness (QED) is 0.863. The molecule has 0 atom stereocenters. The topological polar surface area (TPSA) is 55.3 Å². The van der Waals surface area contributed by atoms with Gasteiger partial charge in [-0.15, -0.1) is 11.3 Å². The molecular weight excluding hydrogens is 322 g/mol. The maximum atomic E-state index is 12.3. The molecule has 0 bridgehead atoms. The second-order valence-corrected chi connectivity index (χ2v) is 6.87. The number of thiophene rings is 1. The Balaban J connectivity index is 1.55. The Kier molecular flexibility index (Phi) is 4.59. The number of amides is 1. The lowest BCUT2D eigenvalue weighted by Gasteiger charge is -2.31. The lowest BCUT2D eigenvalue weighted by molar-refractivity contribution is 0.0592. The fourth-order valence-corrected chi connectivity index (χ4v) is 3.44. The number of ether oxygens (including phenoxy) is 1. The smallest absolute Gasteiger partial charge is 0.263 e. The SMILES string of the molecule is Cc1nccc(OC2CCN(C(=O)c3ccc(Cl)s3)CC2)n1. The van der Waals surface area contributed by atoms with Gasteiger partial charge in [-0.05, 0) is 19.1 Å². The van der Waals surface area contributed by atoms with Crippen molar-refractivity contribution in [1.82, 2.24) is 14.9 Å². The maximum Gasteiger partial charge on any atom is 0.263 e. The summed E-state index contributed by atoms with van der Waals surface area (Å²) in [4.78, 5) is 23.2. The Labute approximate surface area is 137 Å². The van der Waals surface area contributed by atoms with Crippen LogP contribution in [-0.4, -0.2) is 40.0 Å². The maximum absolute atomic E-state index is 12.3. The van der Waals surface area contributed by atoms with E-state index in [1.165, 1.54) is 11.3 Å². The molecule has 0 N–H and O–H groups in total. The van der Waals surface area contributed by atoms with E-state index >= 15 is 0 Å². The van der Waals surface area contributed by atoms with Crippen molar-refractivity contribution in [2.24, 2.45) is 0 Å². The van der Waals surface area contributed by atoms with Gasteiger partial charge >= 0.3 is 0 Å². The second kappa shape index (κ2) is 6.62. The third kappa shape index (κ3) is 3.56. The van der Waals surface area contributed by atoms with Crippen LogP contribution in [0.5, 0.6) is 5.88 Å². The van der Waals surface area contributed by atoms with Crippen LogP contribution in [0.15, 0.2) is 24.4 Å². The summed E-state index contributed by atoms with van der Waals surface area (Å²) in [6, 6.07) is 5.30. The van der Waals surface area contributed by atoms with E-state index in [1.54, 1.807) is 24.4 Å². The highest BCUT2D eigenvalue weighted by atomic mass is 35.5. The number of hydrogen-bond donors (Lipinski definition) is 0. The first kappa shape index (κ1) is 15.2. The van der Waals surface area contributed by atoms with E-state index in [2.05, 4.69) is 9.97 Å². The van der Waals surface area contributed by atoms with E-state index in [0.717, 1.165) is 12.8 Å². The molecule has 1 aliphatic rings. The summed E-state index contributed by atoms with van der Waals surface area (Å²) < 4.78 is 6.51. The Morgan fingerprint density at radius 3 is 2.77 bits per heavy atom. The molecule has 2 aromatic rings. The van der Waals surface area contributed by atoms with Gasteiger partial charge < -0.3 is 9.64 Å². The molecule has 1 fully saturated rings. The van der Waals surface area contributed by atoms with Crippen molar-refractivity contribution in [3.8, 4) is 5.88 Å². The monoisotopic (exact) mass is 337 g/mol. The number of hydrogen-bond acceptors (Lipinski definition) is 5. The van der Waals surface area contributed by atoms with Gasteiger partial charge in [-0.25, -0.2) is 4.98 Å². The first-order valence-electron chi connectivity index (χ1n) is 7.13. The zero-order chi connectivity index (χ0) is 15.5. The normalized spacial score (nSPS) is 15.8. The lowest BCUT2D eigenvalue weighted by Crippen LogP contribution is -2.41. The van der Waals surface area contributed by atoms with Crippen LogP contribution < -0.4 is 4.74 Å². The molecule has 0 spiro atoms. The molecule has 0 unspecified atom stereocenters. The average Bonchev–Trinajstić information content (AvgIpc) is 2.94. The molecule has 0 aliphatic carbocycles. The summed E-state index contributed by atoms with van der Waals surface area (Å²) in [5.74, 6) is 1.34. The van der Waals surface area contributed by atoms with Crippen LogP contribution in [0.2, 0.25) is 4.34 Å². The predicted molar refractivity (Wildman–Crippen MR) is 85.7 cm³/mol. The fourth-order valence-electron chi connectivity index (χ4n) is 2.43. The number of aromatic nitrogens is 2. The van der Waals surface area contributed by atoms with Crippen molar-refractivity contribution in [3.63, 3.8) is 0 Å². The zero-order valence-electron chi connectivity index (χ0n) is 12.2. The van der Waals surface area contributed by atoms with Gasteiger partial charge in [0, 0.05) is 38.2 Å². The Morgan fingerprint density at radius 1 is 1.36 bits per heavy atom. The number of piperidine rings is 1. The third-order valence-electron chi connectivity index (χ3n) is 3.55. The van der Waals surface area contributed by atoms with Crippen molar-refractivity contribution < 1.29 is 9.53 Å². The molecule has 0 aromatic carbocycles. The van der Waals surface area contributed by atoms with E-state index in [-0.39, 0.29) is 12.0 Å². The van der Waals surface area contributed by atoms with Crippen molar-refractivity contribution >= 4 is 28.8 Å². The van der Waals surface area contributed by atoms with Gasteiger partial charge in [0.05, 0.1) is 9.21 Å². The van der Waals surface area contributed by atoms with Gasteiger partial charge in [0.1, 0.15) is 11.9 Å². The van der Waals surface area contributed by atoms with Crippen LogP contribution in [0.25, 0.3) is 0 Å². The molecule has 0 saturated carbocycles. The largest absolute Gasteiger partial charge is 0.474 e. The first-order valence-corrected chi connectivity index (χ1v) is 8.32. The molecule has 1 saturated heterocycles. The number of carbonyl (C=O) groups excluding carboxylic acids is 1. The highest BCUT2D eigenvalue weighted by Crippen LogP contribution is 2.24. The summed E-state index contributed by atoms with van der Waals surface area (Å²) in [5.41, 5.74) is 0. The highest BCUT2D eigenvalue weighted by molar-refractivity contribution is 7.17. The van der Waals surface area contributed by atoms with Crippen molar-refractivity contribution in [1.29, 1.82) is 0 Å². The summed E-state index contributed by atoms with van der Waals surface area (Å²) in [7, 11) is 0. The van der Waals surface area contributed by atoms with Crippen molar-refractivity contribution in [2.45, 2.75) is 25.9 Å². The molecule has 7 heteroatoms. The van der Waals surface area contributed by atoms with Crippen molar-refractivity contribution in [3.05, 3.63) is 39.4 Å². The van der Waals surface area contributed by atoms with Gasteiger partial charge in [-0.2, -0.15) is 4.98 Å². The summed E-state index contributed by atoms with van der Waals surface area (Å²) >= 11 is 7.21. The number of aryl methyl sites for hydroxylation is 1. The summed E-state index contributed by atoms with van der Waals surface area (Å²) in [5, 5.41) is 0. The number of rotatable bonds is 3. The number of likely N-dealkylation sites (tertiary alicyclic amines) is 1. The minimum Gasteiger partial charge on any atom is -0.474 e. The molecule has 1 amide bonds. The summed E-state index contributed by atoms with van der Waals surface area (Å²) in [6.45, 7) is 3.20. The van der Waals surface area contributed by atoms with Gasteiger partial charge in [-0.3, -0.25) is 4.79 Å². The molecule has 5 nitrogen and oxygen atoms in total. The predicted octanol–water partition coefficient (Wildman–Crippen LogP) is 3.18. The lowest BCUT2D eigenvalue weighted by atomic mass is 10.1. The minimum absolute atomic E-state index is 0.0493. The number of carbonyl (C=O) groups is 1. The van der Waals surface area contributed by atoms with Gasteiger partial charge in [0.2, 0.25) is 5.88 Å². The first-order chi connectivity index (χ1) is 10.6. The molecule has 2 aromatic heterocycles. The average molecular weight is 338 g/mol. The van der Waals surface area contributed by atoms with Crippen molar-refractivity contribution in [2.75, 3.05) is 13.1 Å². The minimum atomic E-state index is 0.0493. The van der Waals surface area contributed by atoms with Gasteiger partial charge in [0.25, 0.3) is 5.91 Å². The standard InChI is InChI=1S/C15H16ClN3O2S/c1-10-17-7-4-14(18-10)21-11-5-8-19(9-6-11)15(20)12-2-3-13(16)22-12/h2-4,7,11H,5-6,8-9H2,1H3. The molecule has 3 heterocycles. The third-order valence-corrected chi connectivity index (χ3v) is 4.77. The number of halogens is 1. The Hall–Kier alpha value is -1.66.